The van der Waals surface area contributed by atoms with Crippen LogP contribution in [0.15, 0.2) is 66.7 Å². The Morgan fingerprint density at radius 3 is 1.97 bits per heavy atom. The lowest BCUT2D eigenvalue weighted by atomic mass is 10.0. The zero-order valence-electron chi connectivity index (χ0n) is 17.8. The van der Waals surface area contributed by atoms with Crippen LogP contribution in [-0.4, -0.2) is 29.8 Å². The van der Waals surface area contributed by atoms with Gasteiger partial charge in [0.1, 0.15) is 6.04 Å². The molecular formula is C25H22Cl4N2O2. The Bertz CT molecular complexity index is 1140. The van der Waals surface area contributed by atoms with Crippen LogP contribution < -0.4 is 5.32 Å². The molecule has 0 spiro atoms. The third-order valence-corrected chi connectivity index (χ3v) is 6.40. The molecule has 0 radical (unpaired) electrons. The molecule has 3 aromatic carbocycles. The van der Waals surface area contributed by atoms with E-state index in [1.807, 2.05) is 30.3 Å². The van der Waals surface area contributed by atoms with Gasteiger partial charge in [-0.25, -0.2) is 0 Å². The van der Waals surface area contributed by atoms with E-state index < -0.39 is 6.04 Å². The van der Waals surface area contributed by atoms with Crippen molar-refractivity contribution in [2.24, 2.45) is 0 Å². The third kappa shape index (κ3) is 6.87. The first-order valence-electron chi connectivity index (χ1n) is 10.2. The fourth-order valence-corrected chi connectivity index (χ4v) is 4.43. The number of amides is 2. The summed E-state index contributed by atoms with van der Waals surface area (Å²) in [6.07, 6.45) is 0.343. The van der Waals surface area contributed by atoms with E-state index in [1.54, 1.807) is 43.4 Å². The SMILES string of the molecule is CNC(=O)[C@@H](Cc1ccccc1)N(Cc1ccc(Cl)cc1Cl)C(=O)Cc1ccc(Cl)cc1Cl. The highest BCUT2D eigenvalue weighted by molar-refractivity contribution is 6.35. The highest BCUT2D eigenvalue weighted by Gasteiger charge is 2.30. The van der Waals surface area contributed by atoms with Crippen molar-refractivity contribution < 1.29 is 9.59 Å². The molecule has 3 rings (SSSR count). The zero-order valence-corrected chi connectivity index (χ0v) is 20.8. The number of rotatable bonds is 8. The average Bonchev–Trinajstić information content (AvgIpc) is 2.79. The summed E-state index contributed by atoms with van der Waals surface area (Å²) in [7, 11) is 1.55. The van der Waals surface area contributed by atoms with Gasteiger partial charge >= 0.3 is 0 Å². The van der Waals surface area contributed by atoms with Crippen molar-refractivity contribution in [1.82, 2.24) is 10.2 Å². The summed E-state index contributed by atoms with van der Waals surface area (Å²) >= 11 is 24.7. The van der Waals surface area contributed by atoms with Gasteiger partial charge in [-0.05, 0) is 41.0 Å². The maximum Gasteiger partial charge on any atom is 0.242 e. The Morgan fingerprint density at radius 2 is 1.42 bits per heavy atom. The van der Waals surface area contributed by atoms with Gasteiger partial charge in [0.2, 0.25) is 11.8 Å². The van der Waals surface area contributed by atoms with Gasteiger partial charge in [-0.3, -0.25) is 9.59 Å². The van der Waals surface area contributed by atoms with Gasteiger partial charge in [0.25, 0.3) is 0 Å². The fourth-order valence-electron chi connectivity index (χ4n) is 3.48. The molecule has 0 aliphatic rings. The number of nitrogens with one attached hydrogen (secondary N) is 1. The van der Waals surface area contributed by atoms with Crippen LogP contribution in [0.1, 0.15) is 16.7 Å². The molecule has 0 fully saturated rings. The minimum Gasteiger partial charge on any atom is -0.357 e. The lowest BCUT2D eigenvalue weighted by molar-refractivity contribution is -0.140. The van der Waals surface area contributed by atoms with Crippen LogP contribution in [-0.2, 0) is 29.0 Å². The molecule has 172 valence electrons. The number of hydrogen-bond acceptors (Lipinski definition) is 2. The molecule has 8 heteroatoms. The normalized spacial score (nSPS) is 11.7. The standard InChI is InChI=1S/C25H22Cl4N2O2/c1-30-25(33)23(11-16-5-3-2-4-6-16)31(15-18-8-10-20(27)14-22(18)29)24(32)12-17-7-9-19(26)13-21(17)28/h2-10,13-14,23H,11-12,15H2,1H3,(H,30,33)/t23-/m1/s1. The quantitative estimate of drug-likeness (QED) is 0.380. The Balaban J connectivity index is 1.99. The number of benzene rings is 3. The molecule has 2 amide bonds. The summed E-state index contributed by atoms with van der Waals surface area (Å²) in [4.78, 5) is 28.1. The maximum atomic E-state index is 13.6. The van der Waals surface area contributed by atoms with Gasteiger partial charge in [-0.1, -0.05) is 88.9 Å². The van der Waals surface area contributed by atoms with E-state index in [-0.39, 0.29) is 24.8 Å². The molecule has 0 saturated carbocycles. The van der Waals surface area contributed by atoms with Crippen LogP contribution in [0.2, 0.25) is 20.1 Å². The Labute approximate surface area is 213 Å². The summed E-state index contributed by atoms with van der Waals surface area (Å²) in [5.74, 6) is -0.547. The first kappa shape index (κ1) is 25.4. The van der Waals surface area contributed by atoms with Crippen molar-refractivity contribution >= 4 is 58.2 Å². The second-order valence-corrected chi connectivity index (χ2v) is 9.18. The fraction of sp³-hybridized carbons (Fsp3) is 0.200. The molecule has 0 heterocycles. The van der Waals surface area contributed by atoms with E-state index in [4.69, 9.17) is 46.4 Å². The number of halogens is 4. The van der Waals surface area contributed by atoms with Gasteiger partial charge in [0.15, 0.2) is 0 Å². The molecule has 3 aromatic rings. The van der Waals surface area contributed by atoms with Crippen molar-refractivity contribution in [2.75, 3.05) is 7.05 Å². The molecule has 33 heavy (non-hydrogen) atoms. The first-order valence-corrected chi connectivity index (χ1v) is 11.7. The molecule has 4 nitrogen and oxygen atoms in total. The van der Waals surface area contributed by atoms with Crippen molar-refractivity contribution in [3.8, 4) is 0 Å². The van der Waals surface area contributed by atoms with Crippen molar-refractivity contribution in [3.05, 3.63) is 104 Å². The lowest BCUT2D eigenvalue weighted by Crippen LogP contribution is -2.50. The van der Waals surface area contributed by atoms with Gasteiger partial charge in [-0.15, -0.1) is 0 Å². The Kier molecular flexibility index (Phi) is 9.04. The number of carbonyl (C=O) groups is 2. The third-order valence-electron chi connectivity index (χ3n) is 5.23. The van der Waals surface area contributed by atoms with Gasteiger partial charge in [0.05, 0.1) is 6.42 Å². The molecular weight excluding hydrogens is 502 g/mol. The van der Waals surface area contributed by atoms with E-state index in [0.717, 1.165) is 5.56 Å². The molecule has 0 bridgehead atoms. The molecule has 0 aromatic heterocycles. The van der Waals surface area contributed by atoms with Crippen LogP contribution in [0.3, 0.4) is 0 Å². The van der Waals surface area contributed by atoms with Crippen molar-refractivity contribution in [2.45, 2.75) is 25.4 Å². The number of likely N-dealkylation sites (N-methyl/N-ethyl adjacent to an activating group) is 1. The minimum absolute atomic E-state index is 0.00347. The van der Waals surface area contributed by atoms with E-state index >= 15 is 0 Å². The van der Waals surface area contributed by atoms with Crippen LogP contribution >= 0.6 is 46.4 Å². The predicted molar refractivity (Wildman–Crippen MR) is 135 cm³/mol. The second-order valence-electron chi connectivity index (χ2n) is 7.49. The summed E-state index contributed by atoms with van der Waals surface area (Å²) in [6.45, 7) is 0.130. The Hall–Kier alpha value is -2.24. The minimum atomic E-state index is -0.761. The summed E-state index contributed by atoms with van der Waals surface area (Å²) < 4.78 is 0. The van der Waals surface area contributed by atoms with Crippen LogP contribution in [0.4, 0.5) is 0 Å². The molecule has 1 N–H and O–H groups in total. The van der Waals surface area contributed by atoms with Crippen LogP contribution in [0.25, 0.3) is 0 Å². The van der Waals surface area contributed by atoms with Gasteiger partial charge in [0, 0.05) is 40.1 Å². The Morgan fingerprint density at radius 1 is 0.848 bits per heavy atom. The molecule has 0 saturated heterocycles. The largest absolute Gasteiger partial charge is 0.357 e. The van der Waals surface area contributed by atoms with E-state index in [9.17, 15) is 9.59 Å². The lowest BCUT2D eigenvalue weighted by Gasteiger charge is -2.31. The molecule has 1 atom stereocenters. The summed E-state index contributed by atoms with van der Waals surface area (Å²) in [5.41, 5.74) is 2.22. The highest BCUT2D eigenvalue weighted by Crippen LogP contribution is 2.26. The highest BCUT2D eigenvalue weighted by atomic mass is 35.5. The van der Waals surface area contributed by atoms with Gasteiger partial charge < -0.3 is 10.2 Å². The number of hydrogen-bond donors (Lipinski definition) is 1. The van der Waals surface area contributed by atoms with E-state index in [2.05, 4.69) is 5.32 Å². The molecule has 0 aliphatic carbocycles. The topological polar surface area (TPSA) is 49.4 Å². The predicted octanol–water partition coefficient (Wildman–Crippen LogP) is 6.23. The molecule has 0 aliphatic heterocycles. The zero-order chi connectivity index (χ0) is 24.0. The smallest absolute Gasteiger partial charge is 0.242 e. The van der Waals surface area contributed by atoms with E-state index in [0.29, 0.717) is 37.6 Å². The molecule has 0 unspecified atom stereocenters. The van der Waals surface area contributed by atoms with Crippen molar-refractivity contribution in [3.63, 3.8) is 0 Å². The van der Waals surface area contributed by atoms with Crippen LogP contribution in [0.5, 0.6) is 0 Å². The summed E-state index contributed by atoms with van der Waals surface area (Å²) in [5, 5.41) is 4.46. The van der Waals surface area contributed by atoms with E-state index in [1.165, 1.54) is 4.90 Å². The second kappa shape index (κ2) is 11.8. The number of nitrogens with zero attached hydrogens (tertiary/aromatic N) is 1. The van der Waals surface area contributed by atoms with Crippen LogP contribution in [0, 0.1) is 0 Å². The monoisotopic (exact) mass is 522 g/mol. The van der Waals surface area contributed by atoms with Gasteiger partial charge in [-0.2, -0.15) is 0 Å². The summed E-state index contributed by atoms with van der Waals surface area (Å²) in [6, 6.07) is 18.8. The first-order chi connectivity index (χ1) is 15.8. The van der Waals surface area contributed by atoms with Crippen molar-refractivity contribution in [1.29, 1.82) is 0 Å². The average molecular weight is 524 g/mol. The number of carbonyl (C=O) groups excluding carboxylic acids is 2. The maximum absolute atomic E-state index is 13.6.